The van der Waals surface area contributed by atoms with Gasteiger partial charge in [0.1, 0.15) is 5.69 Å². The van der Waals surface area contributed by atoms with Gasteiger partial charge in [-0.15, -0.1) is 0 Å². The molecule has 1 aromatic heterocycles. The third-order valence-corrected chi connectivity index (χ3v) is 1.53. The summed E-state index contributed by atoms with van der Waals surface area (Å²) in [5.74, 6) is 0. The fraction of sp³-hybridized carbons (Fsp3) is 0.286. The Morgan fingerprint density at radius 2 is 1.53 bits per heavy atom. The lowest BCUT2D eigenvalue weighted by molar-refractivity contribution is -0.145. The highest BCUT2D eigenvalue weighted by molar-refractivity contribution is 5.47. The van der Waals surface area contributed by atoms with Crippen LogP contribution >= 0.6 is 0 Å². The molecule has 2 N–H and O–H groups in total. The first-order chi connectivity index (χ1) is 6.62. The molecule has 1 aromatic rings. The number of rotatable bonds is 0. The molecule has 0 saturated carbocycles. The van der Waals surface area contributed by atoms with E-state index in [1.54, 1.807) is 0 Å². The summed E-state index contributed by atoms with van der Waals surface area (Å²) >= 11 is 0. The van der Waals surface area contributed by atoms with Crippen LogP contribution in [0.4, 0.5) is 32.0 Å². The van der Waals surface area contributed by atoms with Crippen LogP contribution in [0.25, 0.3) is 0 Å². The van der Waals surface area contributed by atoms with Gasteiger partial charge in [-0.1, -0.05) is 0 Å². The summed E-state index contributed by atoms with van der Waals surface area (Å²) in [4.78, 5) is 2.77. The van der Waals surface area contributed by atoms with E-state index in [0.29, 0.717) is 6.20 Å². The van der Waals surface area contributed by atoms with Crippen LogP contribution in [0, 0.1) is 0 Å². The Hall–Kier alpha value is -1.47. The Morgan fingerprint density at radius 3 is 1.93 bits per heavy atom. The standard InChI is InChI=1S/C7H4F6N2/c8-6(9,10)3-1-5(7(11,12)13)15-2-4(3)14/h1-2H,14H2. The maximum atomic E-state index is 12.1. The molecule has 84 valence electrons. The first kappa shape index (κ1) is 11.6. The maximum Gasteiger partial charge on any atom is 0.433 e. The Balaban J connectivity index is 3.30. The highest BCUT2D eigenvalue weighted by Gasteiger charge is 2.38. The van der Waals surface area contributed by atoms with E-state index < -0.39 is 29.3 Å². The van der Waals surface area contributed by atoms with Crippen LogP contribution in [-0.2, 0) is 12.4 Å². The van der Waals surface area contributed by atoms with Crippen molar-refractivity contribution in [2.24, 2.45) is 0 Å². The number of hydrogen-bond donors (Lipinski definition) is 1. The summed E-state index contributed by atoms with van der Waals surface area (Å²) in [7, 11) is 0. The average molecular weight is 230 g/mol. The molecule has 1 rings (SSSR count). The maximum absolute atomic E-state index is 12.1. The van der Waals surface area contributed by atoms with Crippen LogP contribution in [-0.4, -0.2) is 4.98 Å². The van der Waals surface area contributed by atoms with Crippen molar-refractivity contribution in [1.82, 2.24) is 4.98 Å². The fourth-order valence-corrected chi connectivity index (χ4v) is 0.866. The number of halogens is 6. The van der Waals surface area contributed by atoms with Crippen molar-refractivity contribution in [1.29, 1.82) is 0 Å². The predicted octanol–water partition coefficient (Wildman–Crippen LogP) is 2.70. The number of alkyl halides is 6. The Labute approximate surface area is 79.7 Å². The molecule has 0 fully saturated rings. The minimum Gasteiger partial charge on any atom is -0.397 e. The van der Waals surface area contributed by atoms with E-state index in [9.17, 15) is 26.3 Å². The zero-order chi connectivity index (χ0) is 11.9. The van der Waals surface area contributed by atoms with Crippen LogP contribution in [0.5, 0.6) is 0 Å². The molecule has 2 nitrogen and oxygen atoms in total. The van der Waals surface area contributed by atoms with Crippen molar-refractivity contribution < 1.29 is 26.3 Å². The van der Waals surface area contributed by atoms with E-state index in [0.717, 1.165) is 0 Å². The third-order valence-electron chi connectivity index (χ3n) is 1.53. The molecule has 0 saturated heterocycles. The first-order valence-electron chi connectivity index (χ1n) is 3.52. The zero-order valence-corrected chi connectivity index (χ0v) is 6.95. The van der Waals surface area contributed by atoms with Crippen molar-refractivity contribution in [3.63, 3.8) is 0 Å². The first-order valence-corrected chi connectivity index (χ1v) is 3.52. The molecule has 1 heterocycles. The van der Waals surface area contributed by atoms with Crippen molar-refractivity contribution in [3.8, 4) is 0 Å². The largest absolute Gasteiger partial charge is 0.433 e. The molecule has 15 heavy (non-hydrogen) atoms. The Kier molecular flexibility index (Phi) is 2.54. The number of pyridine rings is 1. The van der Waals surface area contributed by atoms with Crippen LogP contribution in [0.15, 0.2) is 12.3 Å². The van der Waals surface area contributed by atoms with Crippen molar-refractivity contribution >= 4 is 5.69 Å². The normalized spacial score (nSPS) is 12.9. The quantitative estimate of drug-likeness (QED) is 0.696. The van der Waals surface area contributed by atoms with Gasteiger partial charge in [-0.05, 0) is 6.07 Å². The SMILES string of the molecule is Nc1cnc(C(F)(F)F)cc1C(F)(F)F. The van der Waals surface area contributed by atoms with Gasteiger partial charge >= 0.3 is 12.4 Å². The predicted molar refractivity (Wildman–Crippen MR) is 38.7 cm³/mol. The van der Waals surface area contributed by atoms with E-state index >= 15 is 0 Å². The minimum atomic E-state index is -4.92. The van der Waals surface area contributed by atoms with Crippen LogP contribution in [0.1, 0.15) is 11.3 Å². The second kappa shape index (κ2) is 3.28. The summed E-state index contributed by atoms with van der Waals surface area (Å²) in [6, 6.07) is -0.116. The highest BCUT2D eigenvalue weighted by atomic mass is 19.4. The van der Waals surface area contributed by atoms with Gasteiger partial charge in [0.2, 0.25) is 0 Å². The van der Waals surface area contributed by atoms with Crippen molar-refractivity contribution in [2.75, 3.05) is 5.73 Å². The molecule has 0 radical (unpaired) electrons. The molecule has 0 amide bonds. The van der Waals surface area contributed by atoms with Gasteiger partial charge in [-0.25, -0.2) is 4.98 Å². The molecule has 0 aliphatic rings. The number of anilines is 1. The molecule has 8 heteroatoms. The number of nitrogen functional groups attached to an aromatic ring is 1. The van der Waals surface area contributed by atoms with E-state index in [-0.39, 0.29) is 6.07 Å². The molecule has 0 aliphatic carbocycles. The lowest BCUT2D eigenvalue weighted by Gasteiger charge is -2.12. The van der Waals surface area contributed by atoms with Gasteiger partial charge in [-0.2, -0.15) is 26.3 Å². The lowest BCUT2D eigenvalue weighted by atomic mass is 10.2. The summed E-state index contributed by atoms with van der Waals surface area (Å²) < 4.78 is 72.5. The summed E-state index contributed by atoms with van der Waals surface area (Å²) in [5, 5.41) is 0. The second-order valence-electron chi connectivity index (χ2n) is 2.65. The minimum absolute atomic E-state index is 0.116. The number of aromatic nitrogens is 1. The fourth-order valence-electron chi connectivity index (χ4n) is 0.866. The van der Waals surface area contributed by atoms with Gasteiger partial charge in [0.25, 0.3) is 0 Å². The number of hydrogen-bond acceptors (Lipinski definition) is 2. The highest BCUT2D eigenvalue weighted by Crippen LogP contribution is 2.36. The molecule has 0 aliphatic heterocycles. The van der Waals surface area contributed by atoms with Crippen LogP contribution in [0.3, 0.4) is 0 Å². The third kappa shape index (κ3) is 2.51. The molecular weight excluding hydrogens is 226 g/mol. The Bertz CT molecular complexity index is 367. The topological polar surface area (TPSA) is 38.9 Å². The number of nitrogens with zero attached hydrogens (tertiary/aromatic N) is 1. The van der Waals surface area contributed by atoms with Gasteiger partial charge < -0.3 is 5.73 Å². The molecule has 0 atom stereocenters. The second-order valence-corrected chi connectivity index (χ2v) is 2.65. The summed E-state index contributed by atoms with van der Waals surface area (Å²) in [5.41, 5.74) is 0.873. The average Bonchev–Trinajstić information content (AvgIpc) is 2.00. The van der Waals surface area contributed by atoms with Crippen molar-refractivity contribution in [2.45, 2.75) is 12.4 Å². The molecule has 0 aromatic carbocycles. The molecular formula is C7H4F6N2. The molecule has 0 spiro atoms. The van der Waals surface area contributed by atoms with Gasteiger partial charge in [0.05, 0.1) is 17.4 Å². The molecule has 0 bridgehead atoms. The van der Waals surface area contributed by atoms with Crippen LogP contribution in [0.2, 0.25) is 0 Å². The van der Waals surface area contributed by atoms with Crippen LogP contribution < -0.4 is 5.73 Å². The van der Waals surface area contributed by atoms with Crippen molar-refractivity contribution in [3.05, 3.63) is 23.5 Å². The van der Waals surface area contributed by atoms with Gasteiger partial charge in [-0.3, -0.25) is 0 Å². The zero-order valence-electron chi connectivity index (χ0n) is 6.95. The molecule has 0 unspecified atom stereocenters. The summed E-state index contributed by atoms with van der Waals surface area (Å²) in [6.07, 6.45) is -9.51. The monoisotopic (exact) mass is 230 g/mol. The lowest BCUT2D eigenvalue weighted by Crippen LogP contribution is -2.14. The smallest absolute Gasteiger partial charge is 0.397 e. The van der Waals surface area contributed by atoms with E-state index in [1.165, 1.54) is 0 Å². The number of nitrogens with two attached hydrogens (primary N) is 1. The summed E-state index contributed by atoms with van der Waals surface area (Å²) in [6.45, 7) is 0. The van der Waals surface area contributed by atoms with E-state index in [2.05, 4.69) is 4.98 Å². The van der Waals surface area contributed by atoms with Gasteiger partial charge in [0.15, 0.2) is 0 Å². The van der Waals surface area contributed by atoms with E-state index in [4.69, 9.17) is 5.73 Å². The van der Waals surface area contributed by atoms with Gasteiger partial charge in [0, 0.05) is 0 Å². The Morgan fingerprint density at radius 1 is 1.00 bits per heavy atom. The van der Waals surface area contributed by atoms with E-state index in [1.807, 2.05) is 0 Å².